The Labute approximate surface area is 191 Å². The number of methoxy groups -OCH3 is 2. The summed E-state index contributed by atoms with van der Waals surface area (Å²) in [6.07, 6.45) is 0. The summed E-state index contributed by atoms with van der Waals surface area (Å²) in [5.41, 5.74) is 1.39. The highest BCUT2D eigenvalue weighted by Gasteiger charge is 2.22. The number of amides is 1. The SMILES string of the molecule is COc1ccc2[nH]c(=O)c(CN(C(=O)COc3ccccc3)c3ccccc3OC)cc2c1. The molecule has 0 spiro atoms. The molecule has 1 amide bonds. The first-order valence-electron chi connectivity index (χ1n) is 10.4. The van der Waals surface area contributed by atoms with E-state index in [-0.39, 0.29) is 24.6 Å². The van der Waals surface area contributed by atoms with E-state index in [2.05, 4.69) is 4.98 Å². The van der Waals surface area contributed by atoms with Crippen LogP contribution in [0.3, 0.4) is 0 Å². The molecule has 1 heterocycles. The number of carbonyl (C=O) groups is 1. The van der Waals surface area contributed by atoms with Crippen LogP contribution in [-0.4, -0.2) is 31.7 Å². The molecule has 0 saturated carbocycles. The van der Waals surface area contributed by atoms with Crippen LogP contribution in [0.2, 0.25) is 0 Å². The lowest BCUT2D eigenvalue weighted by atomic mass is 10.1. The van der Waals surface area contributed by atoms with E-state index in [9.17, 15) is 9.59 Å². The van der Waals surface area contributed by atoms with Gasteiger partial charge in [0.2, 0.25) is 0 Å². The largest absolute Gasteiger partial charge is 0.497 e. The Hall–Kier alpha value is -4.26. The minimum absolute atomic E-state index is 0.0415. The average molecular weight is 444 g/mol. The topological polar surface area (TPSA) is 80.9 Å². The maximum atomic E-state index is 13.3. The molecule has 0 atom stereocenters. The van der Waals surface area contributed by atoms with Gasteiger partial charge >= 0.3 is 0 Å². The van der Waals surface area contributed by atoms with E-state index in [4.69, 9.17) is 14.2 Å². The summed E-state index contributed by atoms with van der Waals surface area (Å²) in [7, 11) is 3.12. The molecule has 1 N–H and O–H groups in total. The highest BCUT2D eigenvalue weighted by molar-refractivity contribution is 5.96. The minimum atomic E-state index is -0.312. The monoisotopic (exact) mass is 444 g/mol. The molecule has 0 unspecified atom stereocenters. The number of aromatic nitrogens is 1. The summed E-state index contributed by atoms with van der Waals surface area (Å²) >= 11 is 0. The third kappa shape index (κ3) is 4.98. The third-order valence-electron chi connectivity index (χ3n) is 5.24. The number of carbonyl (C=O) groups excluding carboxylic acids is 1. The van der Waals surface area contributed by atoms with Crippen LogP contribution < -0.4 is 24.7 Å². The molecule has 168 valence electrons. The van der Waals surface area contributed by atoms with Gasteiger partial charge in [0.1, 0.15) is 17.2 Å². The number of anilines is 1. The molecule has 0 aliphatic carbocycles. The Bertz CT molecular complexity index is 1320. The lowest BCUT2D eigenvalue weighted by Crippen LogP contribution is -2.36. The molecule has 0 saturated heterocycles. The highest BCUT2D eigenvalue weighted by Crippen LogP contribution is 2.29. The summed E-state index contributed by atoms with van der Waals surface area (Å²) in [4.78, 5) is 30.5. The molecule has 0 aliphatic heterocycles. The van der Waals surface area contributed by atoms with Gasteiger partial charge in [-0.3, -0.25) is 9.59 Å². The van der Waals surface area contributed by atoms with Crippen molar-refractivity contribution in [1.29, 1.82) is 0 Å². The van der Waals surface area contributed by atoms with Crippen LogP contribution in [0.25, 0.3) is 10.9 Å². The van der Waals surface area contributed by atoms with Crippen molar-refractivity contribution in [2.75, 3.05) is 25.7 Å². The number of nitrogens with one attached hydrogen (secondary N) is 1. The van der Waals surface area contributed by atoms with Gasteiger partial charge in [0, 0.05) is 16.5 Å². The number of pyridine rings is 1. The van der Waals surface area contributed by atoms with Gasteiger partial charge in [-0.25, -0.2) is 0 Å². The molecule has 7 nitrogen and oxygen atoms in total. The fourth-order valence-corrected chi connectivity index (χ4v) is 3.54. The quantitative estimate of drug-likeness (QED) is 0.441. The van der Waals surface area contributed by atoms with Crippen molar-refractivity contribution in [3.63, 3.8) is 0 Å². The van der Waals surface area contributed by atoms with Crippen molar-refractivity contribution >= 4 is 22.5 Å². The standard InChI is InChI=1S/C26H24N2O5/c1-31-21-12-13-22-18(15-21)14-19(26(30)27-22)16-28(23-10-6-7-11-24(23)32-2)25(29)17-33-20-8-4-3-5-9-20/h3-15H,16-17H2,1-2H3,(H,27,30). The number of rotatable bonds is 8. The second-order valence-corrected chi connectivity index (χ2v) is 7.33. The molecule has 0 radical (unpaired) electrons. The number of hydrogen-bond donors (Lipinski definition) is 1. The molecule has 0 aliphatic rings. The second-order valence-electron chi connectivity index (χ2n) is 7.33. The summed E-state index contributed by atoms with van der Waals surface area (Å²) in [6, 6.07) is 23.4. The Kier molecular flexibility index (Phi) is 6.59. The Balaban J connectivity index is 1.69. The van der Waals surface area contributed by atoms with Crippen molar-refractivity contribution in [1.82, 2.24) is 4.98 Å². The zero-order valence-electron chi connectivity index (χ0n) is 18.4. The van der Waals surface area contributed by atoms with Gasteiger partial charge in [0.05, 0.1) is 26.5 Å². The van der Waals surface area contributed by atoms with E-state index in [0.717, 1.165) is 5.39 Å². The molecule has 1 aromatic heterocycles. The van der Waals surface area contributed by atoms with Crippen LogP contribution >= 0.6 is 0 Å². The zero-order valence-corrected chi connectivity index (χ0v) is 18.4. The molecular formula is C26H24N2O5. The Morgan fingerprint density at radius 2 is 1.64 bits per heavy atom. The van der Waals surface area contributed by atoms with Crippen LogP contribution in [-0.2, 0) is 11.3 Å². The summed E-state index contributed by atoms with van der Waals surface area (Å²) in [5, 5.41) is 0.803. The Morgan fingerprint density at radius 1 is 0.879 bits per heavy atom. The first-order valence-corrected chi connectivity index (χ1v) is 10.4. The maximum absolute atomic E-state index is 13.3. The number of para-hydroxylation sites is 3. The summed E-state index contributed by atoms with van der Waals surface area (Å²) < 4.78 is 16.4. The van der Waals surface area contributed by atoms with E-state index < -0.39 is 0 Å². The number of fused-ring (bicyclic) bond motifs is 1. The number of ether oxygens (including phenoxy) is 3. The van der Waals surface area contributed by atoms with Gasteiger partial charge in [-0.05, 0) is 48.5 Å². The number of hydrogen-bond acceptors (Lipinski definition) is 5. The molecule has 7 heteroatoms. The molecule has 4 rings (SSSR count). The van der Waals surface area contributed by atoms with E-state index >= 15 is 0 Å². The summed E-state index contributed by atoms with van der Waals surface area (Å²) in [5.74, 6) is 1.47. The maximum Gasteiger partial charge on any atom is 0.265 e. The number of H-pyrrole nitrogens is 1. The molecule has 3 aromatic carbocycles. The van der Waals surface area contributed by atoms with Crippen molar-refractivity contribution in [3.8, 4) is 17.2 Å². The first-order chi connectivity index (χ1) is 16.1. The zero-order chi connectivity index (χ0) is 23.2. The van der Waals surface area contributed by atoms with Crippen LogP contribution in [0.1, 0.15) is 5.56 Å². The van der Waals surface area contributed by atoms with Gasteiger partial charge in [-0.2, -0.15) is 0 Å². The van der Waals surface area contributed by atoms with Crippen LogP contribution in [0.15, 0.2) is 83.7 Å². The van der Waals surface area contributed by atoms with E-state index in [0.29, 0.717) is 34.0 Å². The predicted octanol–water partition coefficient (Wildman–Crippen LogP) is 4.16. The normalized spacial score (nSPS) is 10.6. The lowest BCUT2D eigenvalue weighted by molar-refractivity contribution is -0.120. The van der Waals surface area contributed by atoms with Crippen LogP contribution in [0, 0.1) is 0 Å². The number of aromatic amines is 1. The molecular weight excluding hydrogens is 420 g/mol. The van der Waals surface area contributed by atoms with Gasteiger partial charge in [0.25, 0.3) is 11.5 Å². The van der Waals surface area contributed by atoms with Crippen molar-refractivity contribution in [2.45, 2.75) is 6.54 Å². The first kappa shape index (κ1) is 22.0. The fraction of sp³-hybridized carbons (Fsp3) is 0.154. The van der Waals surface area contributed by atoms with Crippen molar-refractivity contribution in [2.24, 2.45) is 0 Å². The predicted molar refractivity (Wildman–Crippen MR) is 127 cm³/mol. The van der Waals surface area contributed by atoms with Crippen LogP contribution in [0.5, 0.6) is 17.2 Å². The van der Waals surface area contributed by atoms with Crippen LogP contribution in [0.4, 0.5) is 5.69 Å². The third-order valence-corrected chi connectivity index (χ3v) is 5.24. The molecule has 0 bridgehead atoms. The van der Waals surface area contributed by atoms with Gasteiger partial charge in [0.15, 0.2) is 6.61 Å². The number of nitrogens with zero attached hydrogens (tertiary/aromatic N) is 1. The number of benzene rings is 3. The smallest absolute Gasteiger partial charge is 0.265 e. The fourth-order valence-electron chi connectivity index (χ4n) is 3.54. The minimum Gasteiger partial charge on any atom is -0.497 e. The van der Waals surface area contributed by atoms with Crippen molar-refractivity contribution < 1.29 is 19.0 Å². The molecule has 0 fully saturated rings. The second kappa shape index (κ2) is 9.91. The van der Waals surface area contributed by atoms with Gasteiger partial charge in [-0.15, -0.1) is 0 Å². The Morgan fingerprint density at radius 3 is 2.39 bits per heavy atom. The average Bonchev–Trinajstić information content (AvgIpc) is 2.86. The van der Waals surface area contributed by atoms with Crippen molar-refractivity contribution in [3.05, 3.63) is 94.8 Å². The van der Waals surface area contributed by atoms with Gasteiger partial charge in [-0.1, -0.05) is 30.3 Å². The summed E-state index contributed by atoms with van der Waals surface area (Å²) in [6.45, 7) is -0.152. The highest BCUT2D eigenvalue weighted by atomic mass is 16.5. The van der Waals surface area contributed by atoms with Gasteiger partial charge < -0.3 is 24.1 Å². The van der Waals surface area contributed by atoms with E-state index in [1.54, 1.807) is 49.6 Å². The van der Waals surface area contributed by atoms with E-state index in [1.165, 1.54) is 12.0 Å². The van der Waals surface area contributed by atoms with E-state index in [1.807, 2.05) is 36.4 Å². The lowest BCUT2D eigenvalue weighted by Gasteiger charge is -2.24. The molecule has 4 aromatic rings. The molecule has 33 heavy (non-hydrogen) atoms.